The van der Waals surface area contributed by atoms with E-state index in [0.717, 1.165) is 0 Å². The Labute approximate surface area is 113 Å². The first-order chi connectivity index (χ1) is 8.81. The van der Waals surface area contributed by atoms with Crippen molar-refractivity contribution in [3.63, 3.8) is 0 Å². The van der Waals surface area contributed by atoms with E-state index in [4.69, 9.17) is 10.5 Å². The summed E-state index contributed by atoms with van der Waals surface area (Å²) in [4.78, 5) is 0.0462. The quantitative estimate of drug-likeness (QED) is 0.664. The molecule has 108 valence electrons. The van der Waals surface area contributed by atoms with Gasteiger partial charge in [-0.1, -0.05) is 13.8 Å². The number of aliphatic hydroxyl groups is 1. The average Bonchev–Trinajstić information content (AvgIpc) is 2.35. The number of ether oxygens (including phenoxy) is 1. The van der Waals surface area contributed by atoms with Crippen LogP contribution in [0.3, 0.4) is 0 Å². The molecule has 1 rings (SSSR count). The Hall–Kier alpha value is -1.31. The molecule has 0 radical (unpaired) electrons. The molecule has 7 heteroatoms. The van der Waals surface area contributed by atoms with Crippen LogP contribution >= 0.6 is 0 Å². The van der Waals surface area contributed by atoms with Gasteiger partial charge in [0.2, 0.25) is 10.0 Å². The summed E-state index contributed by atoms with van der Waals surface area (Å²) in [6.07, 6.45) is 0. The van der Waals surface area contributed by atoms with E-state index in [1.807, 2.05) is 13.8 Å². The van der Waals surface area contributed by atoms with Gasteiger partial charge >= 0.3 is 0 Å². The fourth-order valence-electron chi connectivity index (χ4n) is 1.53. The van der Waals surface area contributed by atoms with Gasteiger partial charge in [-0.15, -0.1) is 0 Å². The van der Waals surface area contributed by atoms with Crippen LogP contribution in [-0.4, -0.2) is 33.3 Å². The number of rotatable bonds is 6. The first-order valence-corrected chi connectivity index (χ1v) is 7.37. The van der Waals surface area contributed by atoms with Crippen LogP contribution in [-0.2, 0) is 10.0 Å². The summed E-state index contributed by atoms with van der Waals surface area (Å²) < 4.78 is 31.7. The number of methoxy groups -OCH3 is 1. The van der Waals surface area contributed by atoms with Gasteiger partial charge in [-0.25, -0.2) is 13.1 Å². The molecule has 0 heterocycles. The Balaban J connectivity index is 3.03. The van der Waals surface area contributed by atoms with Gasteiger partial charge in [0.05, 0.1) is 24.3 Å². The largest absolute Gasteiger partial charge is 0.495 e. The van der Waals surface area contributed by atoms with Crippen LogP contribution in [0.1, 0.15) is 13.8 Å². The van der Waals surface area contributed by atoms with Gasteiger partial charge in [0.15, 0.2) is 0 Å². The fraction of sp³-hybridized carbons (Fsp3) is 0.500. The molecule has 1 atom stereocenters. The third-order valence-electron chi connectivity index (χ3n) is 2.82. The molecule has 0 aromatic heterocycles. The standard InChI is InChI=1S/C12H20N2O4S/c1-8(2)11(7-15)14-19(16,17)9-4-5-12(18-3)10(13)6-9/h4-6,8,11,14-15H,7,13H2,1-3H3/t11-/m1/s1. The highest BCUT2D eigenvalue weighted by molar-refractivity contribution is 7.89. The number of benzene rings is 1. The highest BCUT2D eigenvalue weighted by Crippen LogP contribution is 2.24. The molecule has 0 aliphatic heterocycles. The maximum absolute atomic E-state index is 12.1. The molecule has 1 aromatic rings. The molecule has 0 spiro atoms. The molecule has 19 heavy (non-hydrogen) atoms. The predicted octanol–water partition coefficient (Wildman–Crippen LogP) is 0.573. The van der Waals surface area contributed by atoms with Crippen molar-refractivity contribution in [2.45, 2.75) is 24.8 Å². The first kappa shape index (κ1) is 15.7. The molecule has 0 fully saturated rings. The summed E-state index contributed by atoms with van der Waals surface area (Å²) in [5, 5.41) is 9.17. The number of nitrogens with two attached hydrogens (primary N) is 1. The van der Waals surface area contributed by atoms with Gasteiger partial charge in [-0.2, -0.15) is 0 Å². The van der Waals surface area contributed by atoms with E-state index in [9.17, 15) is 13.5 Å². The van der Waals surface area contributed by atoms with Crippen molar-refractivity contribution in [2.75, 3.05) is 19.5 Å². The maximum Gasteiger partial charge on any atom is 0.240 e. The van der Waals surface area contributed by atoms with Crippen LogP contribution in [0.25, 0.3) is 0 Å². The zero-order valence-electron chi connectivity index (χ0n) is 11.3. The van der Waals surface area contributed by atoms with E-state index in [1.54, 1.807) is 0 Å². The number of aliphatic hydroxyl groups excluding tert-OH is 1. The van der Waals surface area contributed by atoms with Gasteiger partial charge in [0, 0.05) is 6.04 Å². The summed E-state index contributed by atoms with van der Waals surface area (Å²) in [6.45, 7) is 3.39. The van der Waals surface area contributed by atoms with E-state index < -0.39 is 16.1 Å². The van der Waals surface area contributed by atoms with Gasteiger partial charge in [0.25, 0.3) is 0 Å². The van der Waals surface area contributed by atoms with Gasteiger partial charge < -0.3 is 15.6 Å². The third kappa shape index (κ3) is 3.82. The minimum Gasteiger partial charge on any atom is -0.495 e. The number of hydrogen-bond acceptors (Lipinski definition) is 5. The van der Waals surface area contributed by atoms with Gasteiger partial charge in [0.1, 0.15) is 5.75 Å². The van der Waals surface area contributed by atoms with Crippen molar-refractivity contribution >= 4 is 15.7 Å². The third-order valence-corrected chi connectivity index (χ3v) is 4.31. The Morgan fingerprint density at radius 2 is 2.05 bits per heavy atom. The van der Waals surface area contributed by atoms with Crippen LogP contribution in [0, 0.1) is 5.92 Å². The summed E-state index contributed by atoms with van der Waals surface area (Å²) in [5.74, 6) is 0.400. The van der Waals surface area contributed by atoms with E-state index in [1.165, 1.54) is 25.3 Å². The smallest absolute Gasteiger partial charge is 0.240 e. The highest BCUT2D eigenvalue weighted by Gasteiger charge is 2.22. The molecule has 0 amide bonds. The highest BCUT2D eigenvalue weighted by atomic mass is 32.2. The number of nitrogens with one attached hydrogen (secondary N) is 1. The van der Waals surface area contributed by atoms with Crippen molar-refractivity contribution in [3.8, 4) is 5.75 Å². The molecule has 6 nitrogen and oxygen atoms in total. The van der Waals surface area contributed by atoms with E-state index >= 15 is 0 Å². The van der Waals surface area contributed by atoms with Crippen molar-refractivity contribution < 1.29 is 18.3 Å². The summed E-state index contributed by atoms with van der Waals surface area (Å²) >= 11 is 0. The zero-order chi connectivity index (χ0) is 14.6. The molecule has 0 aliphatic rings. The average molecular weight is 288 g/mol. The topological polar surface area (TPSA) is 102 Å². The lowest BCUT2D eigenvalue weighted by atomic mass is 10.1. The van der Waals surface area contributed by atoms with Crippen molar-refractivity contribution in [1.29, 1.82) is 0 Å². The normalized spacial score (nSPS) is 13.5. The number of sulfonamides is 1. The van der Waals surface area contributed by atoms with Crippen LogP contribution in [0.15, 0.2) is 23.1 Å². The molecule has 4 N–H and O–H groups in total. The van der Waals surface area contributed by atoms with Crippen LogP contribution in [0.2, 0.25) is 0 Å². The van der Waals surface area contributed by atoms with E-state index in [0.29, 0.717) is 5.75 Å². The summed E-state index contributed by atoms with van der Waals surface area (Å²) in [6, 6.07) is 3.70. The fourth-order valence-corrected chi connectivity index (χ4v) is 2.94. The predicted molar refractivity (Wildman–Crippen MR) is 73.4 cm³/mol. The van der Waals surface area contributed by atoms with E-state index in [-0.39, 0.29) is 23.1 Å². The molecule has 0 saturated carbocycles. The van der Waals surface area contributed by atoms with E-state index in [2.05, 4.69) is 4.72 Å². The molecule has 0 unspecified atom stereocenters. The van der Waals surface area contributed by atoms with Crippen molar-refractivity contribution in [2.24, 2.45) is 5.92 Å². The second-order valence-electron chi connectivity index (χ2n) is 4.56. The Bertz CT molecular complexity index is 529. The SMILES string of the molecule is COc1ccc(S(=O)(=O)N[C@H](CO)C(C)C)cc1N. The Morgan fingerprint density at radius 1 is 1.42 bits per heavy atom. The first-order valence-electron chi connectivity index (χ1n) is 5.88. The van der Waals surface area contributed by atoms with Crippen molar-refractivity contribution in [3.05, 3.63) is 18.2 Å². The van der Waals surface area contributed by atoms with Crippen LogP contribution in [0.5, 0.6) is 5.75 Å². The number of nitrogen functional groups attached to an aromatic ring is 1. The lowest BCUT2D eigenvalue weighted by molar-refractivity contribution is 0.227. The lowest BCUT2D eigenvalue weighted by Gasteiger charge is -2.20. The number of hydrogen-bond donors (Lipinski definition) is 3. The zero-order valence-corrected chi connectivity index (χ0v) is 12.1. The lowest BCUT2D eigenvalue weighted by Crippen LogP contribution is -2.41. The minimum atomic E-state index is -3.71. The molecular formula is C12H20N2O4S. The second kappa shape index (κ2) is 6.23. The molecule has 0 saturated heterocycles. The van der Waals surface area contributed by atoms with Gasteiger partial charge in [-0.05, 0) is 24.1 Å². The van der Waals surface area contributed by atoms with Crippen LogP contribution in [0.4, 0.5) is 5.69 Å². The maximum atomic E-state index is 12.1. The molecule has 0 aliphatic carbocycles. The summed E-state index contributed by atoms with van der Waals surface area (Å²) in [5.41, 5.74) is 5.93. The monoisotopic (exact) mass is 288 g/mol. The molecule has 1 aromatic carbocycles. The molecule has 0 bridgehead atoms. The second-order valence-corrected chi connectivity index (χ2v) is 6.27. The Kier molecular flexibility index (Phi) is 5.16. The molecular weight excluding hydrogens is 268 g/mol. The van der Waals surface area contributed by atoms with Crippen molar-refractivity contribution in [1.82, 2.24) is 4.72 Å². The minimum absolute atomic E-state index is 0.0182. The summed E-state index contributed by atoms with van der Waals surface area (Å²) in [7, 11) is -2.25. The number of anilines is 1. The van der Waals surface area contributed by atoms with Crippen LogP contribution < -0.4 is 15.2 Å². The van der Waals surface area contributed by atoms with Gasteiger partial charge in [-0.3, -0.25) is 0 Å². The Morgan fingerprint density at radius 3 is 2.47 bits per heavy atom.